The van der Waals surface area contributed by atoms with Crippen LogP contribution in [-0.2, 0) is 16.1 Å². The van der Waals surface area contributed by atoms with Crippen LogP contribution in [0, 0.1) is 11.8 Å². The van der Waals surface area contributed by atoms with Gasteiger partial charge >= 0.3 is 0 Å². The molecule has 1 aliphatic heterocycles. The van der Waals surface area contributed by atoms with E-state index in [0.29, 0.717) is 19.4 Å². The molecule has 2 atom stereocenters. The molecule has 0 aromatic heterocycles. The maximum absolute atomic E-state index is 12.9. The van der Waals surface area contributed by atoms with Crippen molar-refractivity contribution in [3.05, 3.63) is 48.0 Å². The summed E-state index contributed by atoms with van der Waals surface area (Å²) in [5.41, 5.74) is 1.08. The van der Waals surface area contributed by atoms with Crippen molar-refractivity contribution >= 4 is 11.8 Å². The summed E-state index contributed by atoms with van der Waals surface area (Å²) in [5, 5.41) is 3.01. The summed E-state index contributed by atoms with van der Waals surface area (Å²) in [6, 6.07) is 9.89. The third kappa shape index (κ3) is 4.05. The number of nitrogens with one attached hydrogen (secondary N) is 1. The van der Waals surface area contributed by atoms with Crippen molar-refractivity contribution in [2.24, 2.45) is 11.8 Å². The molecule has 3 rings (SSSR count). The van der Waals surface area contributed by atoms with E-state index in [-0.39, 0.29) is 23.7 Å². The van der Waals surface area contributed by atoms with Gasteiger partial charge in [-0.3, -0.25) is 9.59 Å². The van der Waals surface area contributed by atoms with Crippen LogP contribution in [0.5, 0.6) is 0 Å². The fourth-order valence-electron chi connectivity index (χ4n) is 3.64. The summed E-state index contributed by atoms with van der Waals surface area (Å²) in [5.74, 6) is -0.283. The third-order valence-electron chi connectivity index (χ3n) is 5.06. The molecule has 0 saturated carbocycles. The lowest BCUT2D eigenvalue weighted by Gasteiger charge is -2.34. The van der Waals surface area contributed by atoms with Gasteiger partial charge < -0.3 is 10.2 Å². The van der Waals surface area contributed by atoms with Crippen LogP contribution >= 0.6 is 0 Å². The number of benzene rings is 1. The SMILES string of the molecule is O=C(NCc1ccccc1)C1CC=CCC1C(=O)N1CCCCC1. The van der Waals surface area contributed by atoms with Gasteiger partial charge in [-0.05, 0) is 37.7 Å². The highest BCUT2D eigenvalue weighted by molar-refractivity contribution is 5.88. The summed E-state index contributed by atoms with van der Waals surface area (Å²) >= 11 is 0. The van der Waals surface area contributed by atoms with Crippen LogP contribution in [0.3, 0.4) is 0 Å². The first kappa shape index (κ1) is 16.7. The van der Waals surface area contributed by atoms with Crippen LogP contribution in [0.2, 0.25) is 0 Å². The molecule has 4 nitrogen and oxygen atoms in total. The van der Waals surface area contributed by atoms with Crippen molar-refractivity contribution in [1.29, 1.82) is 0 Å². The molecule has 2 aliphatic rings. The Bertz CT molecular complexity index is 591. The van der Waals surface area contributed by atoms with Gasteiger partial charge in [-0.25, -0.2) is 0 Å². The molecule has 2 unspecified atom stereocenters. The van der Waals surface area contributed by atoms with Gasteiger partial charge in [0.05, 0.1) is 11.8 Å². The van der Waals surface area contributed by atoms with Crippen molar-refractivity contribution in [3.63, 3.8) is 0 Å². The van der Waals surface area contributed by atoms with E-state index in [2.05, 4.69) is 5.32 Å². The molecule has 1 aliphatic carbocycles. The number of rotatable bonds is 4. The van der Waals surface area contributed by atoms with E-state index in [1.165, 1.54) is 6.42 Å². The minimum Gasteiger partial charge on any atom is -0.352 e. The molecule has 1 aromatic rings. The van der Waals surface area contributed by atoms with Gasteiger partial charge in [0.2, 0.25) is 11.8 Å². The summed E-state index contributed by atoms with van der Waals surface area (Å²) < 4.78 is 0. The number of likely N-dealkylation sites (tertiary alicyclic amines) is 1. The topological polar surface area (TPSA) is 49.4 Å². The monoisotopic (exact) mass is 326 g/mol. The predicted octanol–water partition coefficient (Wildman–Crippen LogP) is 2.90. The Kier molecular flexibility index (Phi) is 5.68. The van der Waals surface area contributed by atoms with Crippen LogP contribution < -0.4 is 5.32 Å². The summed E-state index contributed by atoms with van der Waals surface area (Å²) in [4.78, 5) is 27.5. The number of allylic oxidation sites excluding steroid dienone is 2. The Morgan fingerprint density at radius 1 is 0.958 bits per heavy atom. The summed E-state index contributed by atoms with van der Waals surface area (Å²) in [7, 11) is 0. The standard InChI is InChI=1S/C20H26N2O2/c23-19(21-15-16-9-3-1-4-10-16)17-11-5-6-12-18(17)20(24)22-13-7-2-8-14-22/h1,3-6,9-10,17-18H,2,7-8,11-15H2,(H,21,23). The molecule has 1 N–H and O–H groups in total. The van der Waals surface area contributed by atoms with E-state index in [4.69, 9.17) is 0 Å². The smallest absolute Gasteiger partial charge is 0.226 e. The van der Waals surface area contributed by atoms with Crippen molar-refractivity contribution in [2.75, 3.05) is 13.1 Å². The zero-order valence-electron chi connectivity index (χ0n) is 14.1. The van der Waals surface area contributed by atoms with Gasteiger partial charge in [0.25, 0.3) is 0 Å². The maximum Gasteiger partial charge on any atom is 0.226 e. The lowest BCUT2D eigenvalue weighted by atomic mass is 9.81. The second-order valence-electron chi connectivity index (χ2n) is 6.75. The number of hydrogen-bond acceptors (Lipinski definition) is 2. The predicted molar refractivity (Wildman–Crippen MR) is 94.1 cm³/mol. The zero-order valence-corrected chi connectivity index (χ0v) is 14.1. The molecule has 4 heteroatoms. The van der Waals surface area contributed by atoms with Gasteiger partial charge in [-0.1, -0.05) is 42.5 Å². The maximum atomic E-state index is 12.9. The second kappa shape index (κ2) is 8.13. The van der Waals surface area contributed by atoms with Crippen LogP contribution in [0.1, 0.15) is 37.7 Å². The van der Waals surface area contributed by atoms with E-state index in [0.717, 1.165) is 31.5 Å². The second-order valence-corrected chi connectivity index (χ2v) is 6.75. The van der Waals surface area contributed by atoms with Gasteiger partial charge in [0.15, 0.2) is 0 Å². The lowest BCUT2D eigenvalue weighted by molar-refractivity contribution is -0.142. The molecule has 1 aromatic carbocycles. The highest BCUT2D eigenvalue weighted by atomic mass is 16.2. The molecule has 0 bridgehead atoms. The summed E-state index contributed by atoms with van der Waals surface area (Å²) in [6.45, 7) is 2.21. The molecule has 2 amide bonds. The van der Waals surface area contributed by atoms with Crippen LogP contribution in [-0.4, -0.2) is 29.8 Å². The first-order chi connectivity index (χ1) is 11.8. The van der Waals surface area contributed by atoms with E-state index in [9.17, 15) is 9.59 Å². The number of amides is 2. The molecule has 24 heavy (non-hydrogen) atoms. The number of nitrogens with zero attached hydrogens (tertiary/aromatic N) is 1. The Labute approximate surface area is 143 Å². The largest absolute Gasteiger partial charge is 0.352 e. The normalized spacial score (nSPS) is 23.8. The van der Waals surface area contributed by atoms with Crippen LogP contribution in [0.15, 0.2) is 42.5 Å². The van der Waals surface area contributed by atoms with Crippen molar-refractivity contribution in [3.8, 4) is 0 Å². The first-order valence-corrected chi connectivity index (χ1v) is 9.01. The molecule has 0 spiro atoms. The number of hydrogen-bond donors (Lipinski definition) is 1. The molecule has 0 radical (unpaired) electrons. The minimum atomic E-state index is -0.242. The van der Waals surface area contributed by atoms with Gasteiger partial charge in [0, 0.05) is 19.6 Å². The van der Waals surface area contributed by atoms with E-state index in [1.54, 1.807) is 0 Å². The quantitative estimate of drug-likeness (QED) is 0.865. The van der Waals surface area contributed by atoms with Gasteiger partial charge in [0.1, 0.15) is 0 Å². The Morgan fingerprint density at radius 2 is 1.62 bits per heavy atom. The lowest BCUT2D eigenvalue weighted by Crippen LogP contribution is -2.46. The average Bonchev–Trinajstić information content (AvgIpc) is 2.67. The molecule has 1 saturated heterocycles. The number of piperidine rings is 1. The van der Waals surface area contributed by atoms with Crippen molar-refractivity contribution in [2.45, 2.75) is 38.6 Å². The number of carbonyl (C=O) groups excluding carboxylic acids is 2. The Hall–Kier alpha value is -2.10. The fraction of sp³-hybridized carbons (Fsp3) is 0.500. The van der Waals surface area contributed by atoms with Crippen LogP contribution in [0.25, 0.3) is 0 Å². The highest BCUT2D eigenvalue weighted by Gasteiger charge is 2.36. The van der Waals surface area contributed by atoms with Crippen molar-refractivity contribution in [1.82, 2.24) is 10.2 Å². The molecule has 1 heterocycles. The van der Waals surface area contributed by atoms with Crippen LogP contribution in [0.4, 0.5) is 0 Å². The Balaban J connectivity index is 1.62. The van der Waals surface area contributed by atoms with Gasteiger partial charge in [-0.2, -0.15) is 0 Å². The van der Waals surface area contributed by atoms with E-state index < -0.39 is 0 Å². The first-order valence-electron chi connectivity index (χ1n) is 9.01. The van der Waals surface area contributed by atoms with Crippen molar-refractivity contribution < 1.29 is 9.59 Å². The van der Waals surface area contributed by atoms with Gasteiger partial charge in [-0.15, -0.1) is 0 Å². The molecule has 128 valence electrons. The highest BCUT2D eigenvalue weighted by Crippen LogP contribution is 2.29. The molecule has 1 fully saturated rings. The minimum absolute atomic E-state index is 0.00133. The molecular weight excluding hydrogens is 300 g/mol. The van der Waals surface area contributed by atoms with E-state index in [1.807, 2.05) is 47.4 Å². The molecular formula is C20H26N2O2. The average molecular weight is 326 g/mol. The number of carbonyl (C=O) groups is 2. The third-order valence-corrected chi connectivity index (χ3v) is 5.06. The Morgan fingerprint density at radius 3 is 2.33 bits per heavy atom. The zero-order chi connectivity index (χ0) is 16.8. The van der Waals surface area contributed by atoms with E-state index >= 15 is 0 Å². The fourth-order valence-corrected chi connectivity index (χ4v) is 3.64. The summed E-state index contributed by atoms with van der Waals surface area (Å²) in [6.07, 6.45) is 8.79.